The molecule has 2 N–H and O–H groups in total. The Labute approximate surface area is 157 Å². The Bertz CT molecular complexity index is 951. The summed E-state index contributed by atoms with van der Waals surface area (Å²) < 4.78 is 2.12. The van der Waals surface area contributed by atoms with Gasteiger partial charge in [-0.25, -0.2) is 4.79 Å². The second kappa shape index (κ2) is 7.53. The molecule has 0 radical (unpaired) electrons. The number of benzene rings is 2. The molecule has 0 saturated carbocycles. The number of urea groups is 1. The lowest BCUT2D eigenvalue weighted by Crippen LogP contribution is -2.44. The number of anilines is 1. The number of fused-ring (bicyclic) bond motifs is 1. The van der Waals surface area contributed by atoms with E-state index in [2.05, 4.69) is 33.4 Å². The minimum Gasteiger partial charge on any atom is -0.346 e. The number of para-hydroxylation sites is 2. The van der Waals surface area contributed by atoms with Crippen LogP contribution in [0.2, 0.25) is 0 Å². The Hall–Kier alpha value is -3.28. The molecule has 1 aliphatic heterocycles. The zero-order valence-electron chi connectivity index (χ0n) is 15.0. The third-order valence-corrected chi connectivity index (χ3v) is 4.85. The van der Waals surface area contributed by atoms with Gasteiger partial charge in [-0.3, -0.25) is 4.79 Å². The molecule has 6 nitrogen and oxygen atoms in total. The highest BCUT2D eigenvalue weighted by Crippen LogP contribution is 2.21. The summed E-state index contributed by atoms with van der Waals surface area (Å²) in [5.74, 6) is 0.0327. The topological polar surface area (TPSA) is 66.4 Å². The first-order chi connectivity index (χ1) is 13.2. The van der Waals surface area contributed by atoms with Gasteiger partial charge in [-0.05, 0) is 29.7 Å². The van der Waals surface area contributed by atoms with Crippen molar-refractivity contribution in [1.82, 2.24) is 15.2 Å². The van der Waals surface area contributed by atoms with Crippen molar-refractivity contribution in [3.63, 3.8) is 0 Å². The second-order valence-corrected chi connectivity index (χ2v) is 6.71. The number of carbonyl (C=O) groups excluding carboxylic acids is 2. The molecule has 4 rings (SSSR count). The smallest absolute Gasteiger partial charge is 0.315 e. The standard InChI is InChI=1S/C21H22N4O2/c26-20-14-17(15-25(20)18-7-2-1-3-8-18)23-21(27)22-11-13-24-12-10-16-6-4-5-9-19(16)24/h1-10,12,17H,11,13-15H2,(H2,22,23,27)/t17-/m0/s1. The molecule has 1 aromatic heterocycles. The van der Waals surface area contributed by atoms with E-state index < -0.39 is 0 Å². The van der Waals surface area contributed by atoms with Gasteiger partial charge in [0.1, 0.15) is 0 Å². The number of aromatic nitrogens is 1. The summed E-state index contributed by atoms with van der Waals surface area (Å²) in [5.41, 5.74) is 2.02. The van der Waals surface area contributed by atoms with Gasteiger partial charge in [-0.15, -0.1) is 0 Å². The van der Waals surface area contributed by atoms with Crippen LogP contribution in [0, 0.1) is 0 Å². The maximum Gasteiger partial charge on any atom is 0.315 e. The summed E-state index contributed by atoms with van der Waals surface area (Å²) in [7, 11) is 0. The number of nitrogens with one attached hydrogen (secondary N) is 2. The van der Waals surface area contributed by atoms with Crippen LogP contribution < -0.4 is 15.5 Å². The van der Waals surface area contributed by atoms with E-state index in [9.17, 15) is 9.59 Å². The summed E-state index contributed by atoms with van der Waals surface area (Å²) in [6.45, 7) is 1.72. The highest BCUT2D eigenvalue weighted by molar-refractivity contribution is 5.96. The predicted molar refractivity (Wildman–Crippen MR) is 106 cm³/mol. The molecule has 0 spiro atoms. The van der Waals surface area contributed by atoms with E-state index in [1.807, 2.05) is 48.7 Å². The van der Waals surface area contributed by atoms with Gasteiger partial charge in [0, 0.05) is 43.5 Å². The number of hydrogen-bond acceptors (Lipinski definition) is 2. The molecule has 1 aliphatic rings. The van der Waals surface area contributed by atoms with Crippen molar-refractivity contribution >= 4 is 28.5 Å². The highest BCUT2D eigenvalue weighted by Gasteiger charge is 2.31. The van der Waals surface area contributed by atoms with Gasteiger partial charge in [-0.2, -0.15) is 0 Å². The Kier molecular flexibility index (Phi) is 4.78. The van der Waals surface area contributed by atoms with Crippen LogP contribution in [0.25, 0.3) is 10.9 Å². The van der Waals surface area contributed by atoms with Crippen LogP contribution in [-0.4, -0.2) is 35.6 Å². The van der Waals surface area contributed by atoms with Crippen molar-refractivity contribution < 1.29 is 9.59 Å². The minimum atomic E-state index is -0.237. The normalized spacial score (nSPS) is 16.7. The fourth-order valence-corrected chi connectivity index (χ4v) is 3.52. The Morgan fingerprint density at radius 2 is 1.81 bits per heavy atom. The zero-order valence-corrected chi connectivity index (χ0v) is 15.0. The molecule has 1 atom stereocenters. The van der Waals surface area contributed by atoms with Gasteiger partial charge < -0.3 is 20.1 Å². The number of rotatable bonds is 5. The molecule has 3 amide bonds. The molecule has 6 heteroatoms. The monoisotopic (exact) mass is 362 g/mol. The molecule has 2 aromatic carbocycles. The van der Waals surface area contributed by atoms with Gasteiger partial charge >= 0.3 is 6.03 Å². The van der Waals surface area contributed by atoms with Gasteiger partial charge in [0.05, 0.1) is 6.04 Å². The summed E-state index contributed by atoms with van der Waals surface area (Å²) in [4.78, 5) is 26.1. The fraction of sp³-hybridized carbons (Fsp3) is 0.238. The molecule has 3 aromatic rings. The van der Waals surface area contributed by atoms with E-state index in [-0.39, 0.29) is 18.0 Å². The molecule has 27 heavy (non-hydrogen) atoms. The third kappa shape index (κ3) is 3.79. The molecule has 1 saturated heterocycles. The highest BCUT2D eigenvalue weighted by atomic mass is 16.2. The van der Waals surface area contributed by atoms with Crippen LogP contribution >= 0.6 is 0 Å². The number of amides is 3. The largest absolute Gasteiger partial charge is 0.346 e. The lowest BCUT2D eigenvalue weighted by Gasteiger charge is -2.17. The van der Waals surface area contributed by atoms with Crippen LogP contribution in [0.15, 0.2) is 66.9 Å². The van der Waals surface area contributed by atoms with Crippen LogP contribution in [0.1, 0.15) is 6.42 Å². The van der Waals surface area contributed by atoms with E-state index in [1.165, 1.54) is 5.39 Å². The third-order valence-electron chi connectivity index (χ3n) is 4.85. The second-order valence-electron chi connectivity index (χ2n) is 6.71. The SMILES string of the molecule is O=C(NCCn1ccc2ccccc21)N[C@H]1CC(=O)N(c2ccccc2)C1. The molecule has 2 heterocycles. The molecule has 1 fully saturated rings. The molecule has 0 aliphatic carbocycles. The van der Waals surface area contributed by atoms with Crippen LogP contribution in [0.5, 0.6) is 0 Å². The number of carbonyl (C=O) groups is 2. The average molecular weight is 362 g/mol. The summed E-state index contributed by atoms with van der Waals surface area (Å²) in [6, 6.07) is 19.3. The van der Waals surface area contributed by atoms with Crippen LogP contribution in [-0.2, 0) is 11.3 Å². The lowest BCUT2D eigenvalue weighted by molar-refractivity contribution is -0.117. The van der Waals surface area contributed by atoms with Crippen molar-refractivity contribution in [2.24, 2.45) is 0 Å². The van der Waals surface area contributed by atoms with Crippen LogP contribution in [0.3, 0.4) is 0 Å². The van der Waals surface area contributed by atoms with Crippen molar-refractivity contribution in [2.45, 2.75) is 19.0 Å². The van der Waals surface area contributed by atoms with Crippen molar-refractivity contribution in [2.75, 3.05) is 18.0 Å². The van der Waals surface area contributed by atoms with Gasteiger partial charge in [0.25, 0.3) is 0 Å². The number of nitrogens with zero attached hydrogens (tertiary/aromatic N) is 2. The van der Waals surface area contributed by atoms with Crippen molar-refractivity contribution in [1.29, 1.82) is 0 Å². The van der Waals surface area contributed by atoms with E-state index in [0.29, 0.717) is 26.1 Å². The maximum atomic E-state index is 12.2. The fourth-order valence-electron chi connectivity index (χ4n) is 3.52. The van der Waals surface area contributed by atoms with Crippen LogP contribution in [0.4, 0.5) is 10.5 Å². The Morgan fingerprint density at radius 3 is 2.67 bits per heavy atom. The molecule has 0 unspecified atom stereocenters. The van der Waals surface area contributed by atoms with Crippen molar-refractivity contribution in [3.05, 3.63) is 66.9 Å². The summed E-state index contributed by atoms with van der Waals surface area (Å²) >= 11 is 0. The zero-order chi connectivity index (χ0) is 18.6. The van der Waals surface area contributed by atoms with E-state index in [4.69, 9.17) is 0 Å². The van der Waals surface area contributed by atoms with Gasteiger partial charge in [-0.1, -0.05) is 36.4 Å². The van der Waals surface area contributed by atoms with Gasteiger partial charge in [0.15, 0.2) is 0 Å². The summed E-state index contributed by atoms with van der Waals surface area (Å²) in [5, 5.41) is 6.97. The molecule has 0 bridgehead atoms. The predicted octanol–water partition coefficient (Wildman–Crippen LogP) is 2.75. The minimum absolute atomic E-state index is 0.0327. The maximum absolute atomic E-state index is 12.2. The number of hydrogen-bond donors (Lipinski definition) is 2. The Morgan fingerprint density at radius 1 is 1.04 bits per heavy atom. The lowest BCUT2D eigenvalue weighted by atomic mass is 10.2. The first-order valence-electron chi connectivity index (χ1n) is 9.14. The first-order valence-corrected chi connectivity index (χ1v) is 9.14. The van der Waals surface area contributed by atoms with E-state index in [1.54, 1.807) is 4.90 Å². The Balaban J connectivity index is 1.27. The van der Waals surface area contributed by atoms with Crippen molar-refractivity contribution in [3.8, 4) is 0 Å². The molecule has 138 valence electrons. The average Bonchev–Trinajstić information content (AvgIpc) is 3.26. The van der Waals surface area contributed by atoms with E-state index in [0.717, 1.165) is 11.2 Å². The quantitative estimate of drug-likeness (QED) is 0.733. The summed E-state index contributed by atoms with van der Waals surface area (Å²) in [6.07, 6.45) is 2.35. The molecular weight excluding hydrogens is 340 g/mol. The first kappa shape index (κ1) is 17.1. The molecular formula is C21H22N4O2. The van der Waals surface area contributed by atoms with E-state index >= 15 is 0 Å². The van der Waals surface area contributed by atoms with Gasteiger partial charge in [0.2, 0.25) is 5.91 Å².